The fraction of sp³-hybridized carbons (Fsp3) is 0.308. The van der Waals surface area contributed by atoms with E-state index >= 15 is 0 Å². The maximum atomic E-state index is 14.7. The number of hydrogen-bond acceptors (Lipinski definition) is 10. The Morgan fingerprint density at radius 2 is 1.74 bits per heavy atom. The standard InChI is InChI=1S/C39H39ClN8O6/c1-22(2)32-30-31(44-48(32)29-19-42-37(43-34(29)53-8)45(6)38(51)54-39(3,4)5)36(50)47(33(30)25-13-9-23(18-41)10-14-25)26-17-28(40)35(49)46(21-26)20-24-11-15-27(52-7)16-12-24/h9-17,19,21-22,33H,20H2,1-8H3. The molecule has 1 atom stereocenters. The minimum atomic E-state index is -0.737. The van der Waals surface area contributed by atoms with Crippen molar-refractivity contribution in [3.05, 3.63) is 116 Å². The Morgan fingerprint density at radius 1 is 1.06 bits per heavy atom. The Kier molecular flexibility index (Phi) is 10.2. The molecule has 0 spiro atoms. The lowest BCUT2D eigenvalue weighted by atomic mass is 9.94. The van der Waals surface area contributed by atoms with Crippen molar-refractivity contribution >= 4 is 35.2 Å². The fourth-order valence-electron chi connectivity index (χ4n) is 6.27. The molecule has 0 radical (unpaired) electrons. The summed E-state index contributed by atoms with van der Waals surface area (Å²) in [6, 6.07) is 17.1. The lowest BCUT2D eigenvalue weighted by Gasteiger charge is -2.28. The van der Waals surface area contributed by atoms with Crippen LogP contribution in [0.1, 0.15) is 85.0 Å². The molecule has 15 heteroatoms. The number of aromatic nitrogens is 5. The van der Waals surface area contributed by atoms with E-state index in [0.717, 1.165) is 5.56 Å². The van der Waals surface area contributed by atoms with Gasteiger partial charge >= 0.3 is 6.09 Å². The van der Waals surface area contributed by atoms with Gasteiger partial charge in [0.25, 0.3) is 11.5 Å². The Balaban J connectivity index is 1.49. The predicted octanol–water partition coefficient (Wildman–Crippen LogP) is 6.66. The number of fused-ring (bicyclic) bond motifs is 1. The number of halogens is 1. The number of rotatable bonds is 9. The normalized spacial score (nSPS) is 13.8. The summed E-state index contributed by atoms with van der Waals surface area (Å²) in [4.78, 5) is 52.5. The summed E-state index contributed by atoms with van der Waals surface area (Å²) >= 11 is 6.58. The van der Waals surface area contributed by atoms with Crippen LogP contribution in [0.5, 0.6) is 11.6 Å². The molecule has 54 heavy (non-hydrogen) atoms. The average molecular weight is 751 g/mol. The van der Waals surface area contributed by atoms with Gasteiger partial charge in [-0.3, -0.25) is 14.5 Å². The molecule has 1 unspecified atom stereocenters. The van der Waals surface area contributed by atoms with E-state index in [-0.39, 0.29) is 35.0 Å². The number of nitriles is 1. The zero-order valence-electron chi connectivity index (χ0n) is 31.1. The van der Waals surface area contributed by atoms with Gasteiger partial charge in [-0.15, -0.1) is 0 Å². The summed E-state index contributed by atoms with van der Waals surface area (Å²) in [5.74, 6) is 0.183. The second-order valence-corrected chi connectivity index (χ2v) is 14.4. The highest BCUT2D eigenvalue weighted by atomic mass is 35.5. The zero-order valence-corrected chi connectivity index (χ0v) is 31.9. The van der Waals surface area contributed by atoms with E-state index in [1.807, 2.05) is 26.0 Å². The van der Waals surface area contributed by atoms with Crippen molar-refractivity contribution in [3.8, 4) is 23.4 Å². The topological polar surface area (TPSA) is 158 Å². The summed E-state index contributed by atoms with van der Waals surface area (Å²) in [7, 11) is 4.51. The van der Waals surface area contributed by atoms with Gasteiger partial charge in [-0.1, -0.05) is 49.7 Å². The molecule has 3 aromatic heterocycles. The SMILES string of the molecule is COc1ccc(Cn2cc(N3C(=O)c4nn(-c5cnc(N(C)C(=O)OC(C)(C)C)nc5OC)c(C(C)C)c4C3c3ccc(C#N)cc3)cc(Cl)c2=O)cc1. The third kappa shape index (κ3) is 7.10. The van der Waals surface area contributed by atoms with E-state index in [9.17, 15) is 19.6 Å². The molecule has 6 rings (SSSR count). The minimum Gasteiger partial charge on any atom is -0.497 e. The van der Waals surface area contributed by atoms with Crippen LogP contribution >= 0.6 is 11.6 Å². The first kappa shape index (κ1) is 37.6. The van der Waals surface area contributed by atoms with Gasteiger partial charge in [-0.2, -0.15) is 15.3 Å². The molecular weight excluding hydrogens is 712 g/mol. The van der Waals surface area contributed by atoms with Crippen LogP contribution in [0.3, 0.4) is 0 Å². The molecule has 0 fully saturated rings. The van der Waals surface area contributed by atoms with Crippen LogP contribution in [0.4, 0.5) is 16.4 Å². The predicted molar refractivity (Wildman–Crippen MR) is 202 cm³/mol. The maximum absolute atomic E-state index is 14.7. The van der Waals surface area contributed by atoms with E-state index in [1.165, 1.54) is 35.9 Å². The van der Waals surface area contributed by atoms with Gasteiger partial charge in [0.15, 0.2) is 5.69 Å². The molecule has 1 aliphatic heterocycles. The highest BCUT2D eigenvalue weighted by molar-refractivity contribution is 6.30. The van der Waals surface area contributed by atoms with E-state index in [0.29, 0.717) is 39.5 Å². The summed E-state index contributed by atoms with van der Waals surface area (Å²) in [6.07, 6.45) is 2.44. The first-order chi connectivity index (χ1) is 25.6. The first-order valence-electron chi connectivity index (χ1n) is 17.0. The number of pyridine rings is 1. The Morgan fingerprint density at radius 3 is 2.33 bits per heavy atom. The van der Waals surface area contributed by atoms with Crippen LogP contribution in [0, 0.1) is 11.3 Å². The second-order valence-electron chi connectivity index (χ2n) is 14.0. The van der Waals surface area contributed by atoms with Gasteiger partial charge in [-0.25, -0.2) is 19.4 Å². The Labute approximate surface area is 317 Å². The van der Waals surface area contributed by atoms with Gasteiger partial charge in [0, 0.05) is 18.8 Å². The van der Waals surface area contributed by atoms with E-state index in [1.54, 1.807) is 80.1 Å². The van der Waals surface area contributed by atoms with E-state index < -0.39 is 29.2 Å². The van der Waals surface area contributed by atoms with Crippen LogP contribution in [0.2, 0.25) is 5.02 Å². The van der Waals surface area contributed by atoms with Gasteiger partial charge in [0.1, 0.15) is 22.1 Å². The van der Waals surface area contributed by atoms with E-state index in [4.69, 9.17) is 30.9 Å². The highest BCUT2D eigenvalue weighted by Crippen LogP contribution is 2.46. The monoisotopic (exact) mass is 750 g/mol. The lowest BCUT2D eigenvalue weighted by Crippen LogP contribution is -2.35. The van der Waals surface area contributed by atoms with Gasteiger partial charge in [0.05, 0.1) is 56.0 Å². The smallest absolute Gasteiger partial charge is 0.416 e. The first-order valence-corrected chi connectivity index (χ1v) is 17.4. The number of benzene rings is 2. The van der Waals surface area contributed by atoms with Gasteiger partial charge in [0.2, 0.25) is 11.8 Å². The van der Waals surface area contributed by atoms with Crippen molar-refractivity contribution in [1.82, 2.24) is 24.3 Å². The van der Waals surface area contributed by atoms with Crippen LogP contribution in [-0.2, 0) is 11.3 Å². The largest absolute Gasteiger partial charge is 0.497 e. The molecule has 0 saturated carbocycles. The van der Waals surface area contributed by atoms with Crippen molar-refractivity contribution in [1.29, 1.82) is 5.26 Å². The van der Waals surface area contributed by atoms with Crippen molar-refractivity contribution in [2.24, 2.45) is 0 Å². The van der Waals surface area contributed by atoms with Crippen molar-refractivity contribution in [2.75, 3.05) is 31.1 Å². The molecule has 0 aliphatic carbocycles. The van der Waals surface area contributed by atoms with Gasteiger partial charge in [-0.05, 0) is 68.1 Å². The maximum Gasteiger partial charge on any atom is 0.416 e. The Hall–Kier alpha value is -6.20. The molecule has 4 heterocycles. The summed E-state index contributed by atoms with van der Waals surface area (Å²) in [6.45, 7) is 9.41. The van der Waals surface area contributed by atoms with Crippen LogP contribution in [0.15, 0.2) is 71.8 Å². The second kappa shape index (κ2) is 14.7. The highest BCUT2D eigenvalue weighted by Gasteiger charge is 2.45. The number of nitrogens with zero attached hydrogens (tertiary/aromatic N) is 8. The molecule has 14 nitrogen and oxygen atoms in total. The van der Waals surface area contributed by atoms with Crippen molar-refractivity contribution in [3.63, 3.8) is 0 Å². The van der Waals surface area contributed by atoms with Crippen LogP contribution in [-0.4, -0.2) is 63.2 Å². The van der Waals surface area contributed by atoms with Crippen molar-refractivity contribution in [2.45, 2.75) is 58.7 Å². The third-order valence-corrected chi connectivity index (χ3v) is 9.02. The fourth-order valence-corrected chi connectivity index (χ4v) is 6.49. The lowest BCUT2D eigenvalue weighted by molar-refractivity contribution is 0.0587. The summed E-state index contributed by atoms with van der Waals surface area (Å²) in [5, 5.41) is 14.3. The zero-order chi connectivity index (χ0) is 39.1. The molecule has 0 saturated heterocycles. The molecule has 278 valence electrons. The number of anilines is 2. The molecule has 5 aromatic rings. The van der Waals surface area contributed by atoms with Gasteiger partial charge < -0.3 is 18.8 Å². The molecule has 2 amide bonds. The number of carbonyl (C=O) groups excluding carboxylic acids is 2. The van der Waals surface area contributed by atoms with Crippen molar-refractivity contribution < 1.29 is 23.8 Å². The average Bonchev–Trinajstić information content (AvgIpc) is 3.67. The summed E-state index contributed by atoms with van der Waals surface area (Å²) in [5.41, 5.74) is 2.97. The molecule has 0 N–H and O–H groups in total. The molecule has 2 aromatic carbocycles. The summed E-state index contributed by atoms with van der Waals surface area (Å²) < 4.78 is 19.5. The van der Waals surface area contributed by atoms with Crippen LogP contribution in [0.25, 0.3) is 5.69 Å². The van der Waals surface area contributed by atoms with Crippen LogP contribution < -0.4 is 24.8 Å². The quantitative estimate of drug-likeness (QED) is 0.160. The molecule has 1 aliphatic rings. The Bertz CT molecular complexity index is 2340. The number of hydrogen-bond donors (Lipinski definition) is 0. The number of amides is 2. The third-order valence-electron chi connectivity index (χ3n) is 8.74. The molecular formula is C39H39ClN8O6. The number of methoxy groups -OCH3 is 2. The number of ether oxygens (including phenoxy) is 3. The minimum absolute atomic E-state index is 0.0370. The molecule has 0 bridgehead atoms. The van der Waals surface area contributed by atoms with E-state index in [2.05, 4.69) is 16.0 Å². The number of carbonyl (C=O) groups is 2.